The zero-order chi connectivity index (χ0) is 41.9. The molecule has 12 atom stereocenters. The number of amides is 2. The highest BCUT2D eigenvalue weighted by molar-refractivity contribution is 6.21. The Bertz CT molecular complexity index is 1530. The van der Waals surface area contributed by atoms with Crippen LogP contribution in [-0.2, 0) is 19.1 Å². The smallest absolute Gasteiger partial charge is 0.222 e. The zero-order valence-electron chi connectivity index (χ0n) is 36.6. The number of ether oxygens (including phenoxy) is 2. The van der Waals surface area contributed by atoms with Crippen molar-refractivity contribution in [3.63, 3.8) is 0 Å². The number of hydrogen-bond donors (Lipinski definition) is 6. The van der Waals surface area contributed by atoms with Crippen LogP contribution in [0.5, 0.6) is 0 Å². The SMILES string of the molecule is CCNC(=O)C[C@@H]1N=C(C2CCC(Cl)CC2)C2CC(OCCCNC(=O)C[C@@H]3N=C(C4CCC(Cl)CC4)C4CC(OC)CCC4N4C(C)NNC34)CCC2N2C(C)NNC12. The second kappa shape index (κ2) is 20.6. The number of nitrogens with zero attached hydrogens (tertiary/aromatic N) is 4. The van der Waals surface area contributed by atoms with Gasteiger partial charge in [-0.25, -0.2) is 21.7 Å². The molecule has 4 aliphatic carbocycles. The van der Waals surface area contributed by atoms with Gasteiger partial charge in [0.05, 0.1) is 61.8 Å². The first kappa shape index (κ1) is 45.1. The molecule has 0 aromatic heterocycles. The van der Waals surface area contributed by atoms with E-state index < -0.39 is 0 Å². The largest absolute Gasteiger partial charge is 0.381 e. The van der Waals surface area contributed by atoms with Gasteiger partial charge in [-0.2, -0.15) is 0 Å². The third-order valence-corrected chi connectivity index (χ3v) is 16.3. The van der Waals surface area contributed by atoms with Crippen LogP contribution in [0.25, 0.3) is 0 Å². The van der Waals surface area contributed by atoms with Crippen LogP contribution in [0, 0.1) is 23.7 Å². The standard InChI is InChI=1S/C44H74Cl2N10O4/c1-5-47-39(57)23-35-43-53-52-26(3)56(43)38-18-16-32(22-34(38)42(49-35)28-9-13-30(46)14-10-28)60-20-6-19-48-40(58)24-36-44-54-51-25(2)55(44)37-17-15-31(59-4)21-33(37)41(50-36)27-7-11-29(45)12-8-27/h25-38,43-44,51-54H,5-24H2,1-4H3,(H,47,57)(H,48,58)/t25?,26?,27?,28?,29?,30?,31?,32?,33?,34?,35-,36-,37?,38?,43?,44?/m0/s1. The van der Waals surface area contributed by atoms with E-state index in [2.05, 4.69) is 56.0 Å². The average molecular weight is 878 g/mol. The Hall–Kier alpha value is -1.46. The lowest BCUT2D eigenvalue weighted by Gasteiger charge is -2.44. The van der Waals surface area contributed by atoms with Crippen molar-refractivity contribution in [2.24, 2.45) is 33.7 Å². The Morgan fingerprint density at radius 2 is 1.17 bits per heavy atom. The van der Waals surface area contributed by atoms with E-state index in [1.165, 1.54) is 11.4 Å². The van der Waals surface area contributed by atoms with Crippen LogP contribution in [-0.4, -0.2) is 132 Å². The van der Waals surface area contributed by atoms with E-state index in [-0.39, 0.29) is 77.4 Å². The van der Waals surface area contributed by atoms with Crippen molar-refractivity contribution in [3.8, 4) is 0 Å². The Kier molecular flexibility index (Phi) is 15.5. The highest BCUT2D eigenvalue weighted by atomic mass is 35.5. The topological polar surface area (TPSA) is 156 Å². The first-order valence-corrected chi connectivity index (χ1v) is 24.7. The molecule has 4 heterocycles. The van der Waals surface area contributed by atoms with E-state index in [4.69, 9.17) is 42.7 Å². The summed E-state index contributed by atoms with van der Waals surface area (Å²) >= 11 is 13.2. The number of aliphatic imine (C=N–C) groups is 2. The summed E-state index contributed by atoms with van der Waals surface area (Å²) in [6, 6.07) is 0.305. The van der Waals surface area contributed by atoms with Crippen LogP contribution in [0.2, 0.25) is 0 Å². The molecule has 10 unspecified atom stereocenters. The molecule has 0 radical (unpaired) electrons. The number of hydrogen-bond acceptors (Lipinski definition) is 12. The van der Waals surface area contributed by atoms with Crippen molar-refractivity contribution in [1.29, 1.82) is 0 Å². The molecule has 2 amide bonds. The van der Waals surface area contributed by atoms with E-state index in [0.29, 0.717) is 62.4 Å². The fourth-order valence-electron chi connectivity index (χ4n) is 12.5. The highest BCUT2D eigenvalue weighted by Gasteiger charge is 2.52. The lowest BCUT2D eigenvalue weighted by atomic mass is 9.72. The monoisotopic (exact) mass is 877 g/mol. The second-order valence-electron chi connectivity index (χ2n) is 19.2. The molecule has 14 nitrogen and oxygen atoms in total. The van der Waals surface area contributed by atoms with Crippen LogP contribution in [0.1, 0.15) is 130 Å². The molecule has 0 spiro atoms. The van der Waals surface area contributed by atoms with Crippen LogP contribution in [0.3, 0.4) is 0 Å². The molecule has 6 fully saturated rings. The minimum Gasteiger partial charge on any atom is -0.381 e. The Morgan fingerprint density at radius 3 is 1.67 bits per heavy atom. The Labute approximate surface area is 368 Å². The Balaban J connectivity index is 0.895. The number of carbonyl (C=O) groups is 2. The number of nitrogens with one attached hydrogen (secondary N) is 6. The lowest BCUT2D eigenvalue weighted by Crippen LogP contribution is -2.55. The van der Waals surface area contributed by atoms with E-state index in [1.807, 2.05) is 14.0 Å². The van der Waals surface area contributed by atoms with Crippen LogP contribution in [0.15, 0.2) is 9.98 Å². The second-order valence-corrected chi connectivity index (χ2v) is 20.5. The number of methoxy groups -OCH3 is 1. The molecule has 2 saturated heterocycles. The van der Waals surface area contributed by atoms with Gasteiger partial charge in [-0.3, -0.25) is 29.4 Å². The summed E-state index contributed by atoms with van der Waals surface area (Å²) in [6.45, 7) is 8.17. The number of hydrazine groups is 2. The highest BCUT2D eigenvalue weighted by Crippen LogP contribution is 2.44. The number of halogens is 2. The molecular formula is C44H74Cl2N10O4. The van der Waals surface area contributed by atoms with E-state index >= 15 is 0 Å². The van der Waals surface area contributed by atoms with Gasteiger partial charge in [-0.15, -0.1) is 23.2 Å². The van der Waals surface area contributed by atoms with Gasteiger partial charge in [0.25, 0.3) is 0 Å². The summed E-state index contributed by atoms with van der Waals surface area (Å²) in [4.78, 5) is 43.0. The molecule has 4 aliphatic heterocycles. The molecule has 0 bridgehead atoms. The zero-order valence-corrected chi connectivity index (χ0v) is 38.1. The van der Waals surface area contributed by atoms with E-state index in [9.17, 15) is 9.59 Å². The summed E-state index contributed by atoms with van der Waals surface area (Å²) in [5.41, 5.74) is 16.6. The van der Waals surface area contributed by atoms with Crippen LogP contribution in [0.4, 0.5) is 0 Å². The predicted molar refractivity (Wildman–Crippen MR) is 237 cm³/mol. The minimum atomic E-state index is -0.192. The van der Waals surface area contributed by atoms with Gasteiger partial charge < -0.3 is 20.1 Å². The summed E-state index contributed by atoms with van der Waals surface area (Å²) < 4.78 is 12.6. The first-order valence-electron chi connectivity index (χ1n) is 23.8. The summed E-state index contributed by atoms with van der Waals surface area (Å²) in [5, 5.41) is 6.74. The Morgan fingerprint density at radius 1 is 0.683 bits per heavy atom. The maximum absolute atomic E-state index is 13.8. The minimum absolute atomic E-state index is 0.0404. The first-order chi connectivity index (χ1) is 29.1. The van der Waals surface area contributed by atoms with E-state index in [1.54, 1.807) is 0 Å². The van der Waals surface area contributed by atoms with Crippen molar-refractivity contribution in [2.45, 2.75) is 202 Å². The maximum atomic E-state index is 13.8. The molecule has 8 rings (SSSR count). The fraction of sp³-hybridized carbons (Fsp3) is 0.909. The van der Waals surface area contributed by atoms with Gasteiger partial charge in [0, 0.05) is 72.9 Å². The van der Waals surface area contributed by atoms with Crippen LogP contribution < -0.4 is 32.3 Å². The number of rotatable bonds is 13. The molecular weight excluding hydrogens is 803 g/mol. The van der Waals surface area contributed by atoms with E-state index in [0.717, 1.165) is 96.3 Å². The third kappa shape index (κ3) is 10.1. The number of alkyl halides is 2. The quantitative estimate of drug-likeness (QED) is 0.115. The predicted octanol–water partition coefficient (Wildman–Crippen LogP) is 4.55. The molecule has 60 heavy (non-hydrogen) atoms. The van der Waals surface area contributed by atoms with Gasteiger partial charge in [-0.05, 0) is 129 Å². The molecule has 8 aliphatic rings. The maximum Gasteiger partial charge on any atom is 0.222 e. The fourth-order valence-corrected chi connectivity index (χ4v) is 13.0. The third-order valence-electron chi connectivity index (χ3n) is 15.5. The molecule has 0 aromatic carbocycles. The van der Waals surface area contributed by atoms with Gasteiger partial charge in [0.1, 0.15) is 0 Å². The van der Waals surface area contributed by atoms with Gasteiger partial charge in [0.15, 0.2) is 0 Å². The van der Waals surface area contributed by atoms with Crippen molar-refractivity contribution < 1.29 is 19.1 Å². The van der Waals surface area contributed by atoms with Crippen LogP contribution >= 0.6 is 23.2 Å². The van der Waals surface area contributed by atoms with Gasteiger partial charge in [0.2, 0.25) is 11.8 Å². The normalized spacial score (nSPS) is 42.4. The number of fused-ring (bicyclic) bond motifs is 6. The van der Waals surface area contributed by atoms with Crippen molar-refractivity contribution >= 4 is 46.4 Å². The molecule has 0 aromatic rings. The van der Waals surface area contributed by atoms with Gasteiger partial charge in [-0.1, -0.05) is 0 Å². The summed E-state index contributed by atoms with van der Waals surface area (Å²) in [5.74, 6) is 1.45. The molecule has 6 N–H and O–H groups in total. The lowest BCUT2D eigenvalue weighted by molar-refractivity contribution is -0.122. The van der Waals surface area contributed by atoms with Crippen molar-refractivity contribution in [2.75, 3.05) is 26.8 Å². The molecule has 16 heteroatoms. The van der Waals surface area contributed by atoms with Crippen molar-refractivity contribution in [1.82, 2.24) is 42.1 Å². The number of carbonyl (C=O) groups excluding carboxylic acids is 2. The molecule has 4 saturated carbocycles. The summed E-state index contributed by atoms with van der Waals surface area (Å²) in [7, 11) is 1.84. The average Bonchev–Trinajstić information content (AvgIpc) is 3.75. The summed E-state index contributed by atoms with van der Waals surface area (Å²) in [6.07, 6.45) is 16.3. The van der Waals surface area contributed by atoms with Gasteiger partial charge >= 0.3 is 0 Å². The molecule has 338 valence electrons. The van der Waals surface area contributed by atoms with Crippen molar-refractivity contribution in [3.05, 3.63) is 0 Å².